The quantitative estimate of drug-likeness (QED) is 0.842. The van der Waals surface area contributed by atoms with Crippen LogP contribution in [0.1, 0.15) is 23.2 Å². The molecule has 1 aromatic rings. The van der Waals surface area contributed by atoms with Crippen LogP contribution >= 0.6 is 0 Å². The maximum Gasteiger partial charge on any atom is 0.255 e. The first-order valence-corrected chi connectivity index (χ1v) is 8.79. The molecule has 2 N–H and O–H groups in total. The van der Waals surface area contributed by atoms with Crippen molar-refractivity contribution in [3.63, 3.8) is 0 Å². The van der Waals surface area contributed by atoms with Crippen LogP contribution in [0.5, 0.6) is 11.5 Å². The van der Waals surface area contributed by atoms with Crippen molar-refractivity contribution >= 4 is 15.9 Å². The van der Waals surface area contributed by atoms with Crippen LogP contribution in [0.4, 0.5) is 0 Å². The van der Waals surface area contributed by atoms with E-state index in [4.69, 9.17) is 4.74 Å². The fourth-order valence-electron chi connectivity index (χ4n) is 2.46. The molecular weight excluding hydrogens is 308 g/mol. The average molecular weight is 328 g/mol. The molecule has 2 rings (SSSR count). The Morgan fingerprint density at radius 2 is 2.18 bits per heavy atom. The molecule has 7 nitrogen and oxygen atoms in total. The monoisotopic (exact) mass is 328 g/mol. The smallest absolute Gasteiger partial charge is 0.255 e. The second-order valence-corrected chi connectivity index (χ2v) is 7.30. The normalized spacial score (nSPS) is 19.6. The highest BCUT2D eigenvalue weighted by atomic mass is 32.2. The zero-order chi connectivity index (χ0) is 16.3. The number of carbonyl (C=O) groups excluding carboxylic acids is 1. The standard InChI is InChI=1S/C14H20N2O5S/c1-21-11-5-6-12(13(17)8-11)14(18)15-10-4-3-7-16(9-10)22(2,19)20/h5-6,8,10,17H,3-4,7,9H2,1-2H3,(H,15,18)/t10-/m0/s1. The van der Waals surface area contributed by atoms with Gasteiger partial charge in [0.05, 0.1) is 18.9 Å². The van der Waals surface area contributed by atoms with Gasteiger partial charge >= 0.3 is 0 Å². The van der Waals surface area contributed by atoms with Gasteiger partial charge in [-0.1, -0.05) is 0 Å². The minimum Gasteiger partial charge on any atom is -0.507 e. The van der Waals surface area contributed by atoms with E-state index in [1.807, 2.05) is 0 Å². The van der Waals surface area contributed by atoms with Crippen molar-refractivity contribution in [1.29, 1.82) is 0 Å². The first-order valence-electron chi connectivity index (χ1n) is 6.94. The van der Waals surface area contributed by atoms with Crippen molar-refractivity contribution in [1.82, 2.24) is 9.62 Å². The van der Waals surface area contributed by atoms with E-state index in [-0.39, 0.29) is 23.9 Å². The molecule has 1 aliphatic heterocycles. The van der Waals surface area contributed by atoms with Crippen LogP contribution in [0, 0.1) is 0 Å². The molecule has 0 radical (unpaired) electrons. The Morgan fingerprint density at radius 1 is 1.45 bits per heavy atom. The molecule has 122 valence electrons. The molecular formula is C14H20N2O5S. The highest BCUT2D eigenvalue weighted by molar-refractivity contribution is 7.88. The summed E-state index contributed by atoms with van der Waals surface area (Å²) in [6.07, 6.45) is 2.55. The summed E-state index contributed by atoms with van der Waals surface area (Å²) in [5.41, 5.74) is 0.136. The SMILES string of the molecule is COc1ccc(C(=O)N[C@H]2CCCN(S(C)(=O)=O)C2)c(O)c1. The number of aromatic hydroxyl groups is 1. The second-order valence-electron chi connectivity index (χ2n) is 5.32. The molecule has 1 fully saturated rings. The van der Waals surface area contributed by atoms with Gasteiger partial charge in [0, 0.05) is 25.2 Å². The van der Waals surface area contributed by atoms with E-state index in [0.29, 0.717) is 25.1 Å². The molecule has 1 amide bonds. The molecule has 1 aromatic carbocycles. The number of benzene rings is 1. The summed E-state index contributed by atoms with van der Waals surface area (Å²) in [6.45, 7) is 0.723. The molecule has 22 heavy (non-hydrogen) atoms. The maximum absolute atomic E-state index is 12.2. The summed E-state index contributed by atoms with van der Waals surface area (Å²) in [7, 11) is -1.79. The Hall–Kier alpha value is -1.80. The van der Waals surface area contributed by atoms with Gasteiger partial charge in [0.15, 0.2) is 0 Å². The molecule has 0 bridgehead atoms. The first-order chi connectivity index (χ1) is 10.3. The number of piperidine rings is 1. The third-order valence-corrected chi connectivity index (χ3v) is 4.91. The molecule has 8 heteroatoms. The largest absolute Gasteiger partial charge is 0.507 e. The van der Waals surface area contributed by atoms with Gasteiger partial charge in [-0.25, -0.2) is 12.7 Å². The number of rotatable bonds is 4. The predicted molar refractivity (Wildman–Crippen MR) is 81.6 cm³/mol. The van der Waals surface area contributed by atoms with Crippen LogP contribution in [0.3, 0.4) is 0 Å². The molecule has 1 atom stereocenters. The number of amides is 1. The zero-order valence-corrected chi connectivity index (χ0v) is 13.4. The molecule has 0 spiro atoms. The maximum atomic E-state index is 12.2. The lowest BCUT2D eigenvalue weighted by atomic mass is 10.1. The molecule has 1 saturated heterocycles. The van der Waals surface area contributed by atoms with E-state index in [2.05, 4.69) is 5.32 Å². The van der Waals surface area contributed by atoms with E-state index in [9.17, 15) is 18.3 Å². The average Bonchev–Trinajstić information content (AvgIpc) is 2.46. The number of sulfonamides is 1. The lowest BCUT2D eigenvalue weighted by Crippen LogP contribution is -2.49. The van der Waals surface area contributed by atoms with E-state index < -0.39 is 15.9 Å². The van der Waals surface area contributed by atoms with Gasteiger partial charge in [-0.2, -0.15) is 0 Å². The van der Waals surface area contributed by atoms with Crippen LogP contribution in [0.2, 0.25) is 0 Å². The molecule has 0 aromatic heterocycles. The Balaban J connectivity index is 2.05. The summed E-state index contributed by atoms with van der Waals surface area (Å²) >= 11 is 0. The number of ether oxygens (including phenoxy) is 1. The molecule has 0 unspecified atom stereocenters. The van der Waals surface area contributed by atoms with Crippen molar-refractivity contribution in [2.75, 3.05) is 26.5 Å². The fourth-order valence-corrected chi connectivity index (χ4v) is 3.37. The number of carbonyl (C=O) groups is 1. The van der Waals surface area contributed by atoms with Gasteiger partial charge in [0.2, 0.25) is 10.0 Å². The Morgan fingerprint density at radius 3 is 2.77 bits per heavy atom. The first kappa shape index (κ1) is 16.6. The highest BCUT2D eigenvalue weighted by Crippen LogP contribution is 2.23. The third kappa shape index (κ3) is 3.89. The predicted octanol–water partition coefficient (Wildman–Crippen LogP) is 0.555. The minimum atomic E-state index is -3.26. The Bertz CT molecular complexity index is 659. The second kappa shape index (κ2) is 6.53. The zero-order valence-electron chi connectivity index (χ0n) is 12.6. The summed E-state index contributed by atoms with van der Waals surface area (Å²) in [6, 6.07) is 4.15. The van der Waals surface area contributed by atoms with Crippen molar-refractivity contribution < 1.29 is 23.1 Å². The molecule has 1 heterocycles. The number of phenols is 1. The highest BCUT2D eigenvalue weighted by Gasteiger charge is 2.27. The van der Waals surface area contributed by atoms with Gasteiger partial charge < -0.3 is 15.2 Å². The summed E-state index contributed by atoms with van der Waals surface area (Å²) in [4.78, 5) is 12.2. The van der Waals surface area contributed by atoms with Crippen molar-refractivity contribution in [3.8, 4) is 11.5 Å². The summed E-state index contributed by atoms with van der Waals surface area (Å²) in [5, 5.41) is 12.6. The lowest BCUT2D eigenvalue weighted by Gasteiger charge is -2.31. The summed E-state index contributed by atoms with van der Waals surface area (Å²) < 4.78 is 29.5. The molecule has 0 aliphatic carbocycles. The van der Waals surface area contributed by atoms with Crippen molar-refractivity contribution in [2.24, 2.45) is 0 Å². The van der Waals surface area contributed by atoms with Crippen LogP contribution in [-0.2, 0) is 10.0 Å². The Kier molecular flexibility index (Phi) is 4.92. The number of methoxy groups -OCH3 is 1. The van der Waals surface area contributed by atoms with Crippen molar-refractivity contribution in [3.05, 3.63) is 23.8 Å². The minimum absolute atomic E-state index is 0.136. The van der Waals surface area contributed by atoms with Gasteiger partial charge in [0.1, 0.15) is 11.5 Å². The number of hydrogen-bond donors (Lipinski definition) is 2. The number of nitrogens with one attached hydrogen (secondary N) is 1. The van der Waals surface area contributed by atoms with Gasteiger partial charge in [-0.15, -0.1) is 0 Å². The van der Waals surface area contributed by atoms with Gasteiger partial charge in [-0.05, 0) is 25.0 Å². The van der Waals surface area contributed by atoms with E-state index in [0.717, 1.165) is 6.26 Å². The summed E-state index contributed by atoms with van der Waals surface area (Å²) in [5.74, 6) is -0.150. The molecule has 0 saturated carbocycles. The van der Waals surface area contributed by atoms with E-state index in [1.54, 1.807) is 6.07 Å². The number of phenolic OH excluding ortho intramolecular Hbond substituents is 1. The Labute approximate surface area is 129 Å². The topological polar surface area (TPSA) is 95.9 Å². The fraction of sp³-hybridized carbons (Fsp3) is 0.500. The lowest BCUT2D eigenvalue weighted by molar-refractivity contribution is 0.0918. The number of nitrogens with zero attached hydrogens (tertiary/aromatic N) is 1. The van der Waals surface area contributed by atoms with E-state index in [1.165, 1.54) is 23.5 Å². The molecule has 1 aliphatic rings. The number of hydrogen-bond acceptors (Lipinski definition) is 5. The van der Waals surface area contributed by atoms with Crippen LogP contribution < -0.4 is 10.1 Å². The third-order valence-electron chi connectivity index (χ3n) is 3.64. The van der Waals surface area contributed by atoms with Crippen LogP contribution in [0.25, 0.3) is 0 Å². The van der Waals surface area contributed by atoms with Crippen LogP contribution in [0.15, 0.2) is 18.2 Å². The van der Waals surface area contributed by atoms with E-state index >= 15 is 0 Å². The van der Waals surface area contributed by atoms with Gasteiger partial charge in [0.25, 0.3) is 5.91 Å². The van der Waals surface area contributed by atoms with Gasteiger partial charge in [-0.3, -0.25) is 4.79 Å². The van der Waals surface area contributed by atoms with Crippen LogP contribution in [-0.4, -0.2) is 56.2 Å². The van der Waals surface area contributed by atoms with Crippen molar-refractivity contribution in [2.45, 2.75) is 18.9 Å².